The number of amides is 1. The van der Waals surface area contributed by atoms with Crippen LogP contribution in [-0.2, 0) is 25.0 Å². The van der Waals surface area contributed by atoms with Crippen molar-refractivity contribution in [2.75, 3.05) is 5.75 Å². The monoisotopic (exact) mass is 450 g/mol. The number of hydrogen-bond acceptors (Lipinski definition) is 5. The lowest BCUT2D eigenvalue weighted by Gasteiger charge is -2.09. The minimum absolute atomic E-state index is 0.0810. The number of ether oxygens (including phenoxy) is 1. The topological polar surface area (TPSA) is 69.0 Å². The molecule has 0 aliphatic rings. The first-order valence-electron chi connectivity index (χ1n) is 8.83. The van der Waals surface area contributed by atoms with Gasteiger partial charge in [-0.1, -0.05) is 47.1 Å². The summed E-state index contributed by atoms with van der Waals surface area (Å²) < 4.78 is 7.64. The molecule has 29 heavy (non-hydrogen) atoms. The second kappa shape index (κ2) is 10.0. The van der Waals surface area contributed by atoms with Crippen molar-refractivity contribution in [1.29, 1.82) is 0 Å². The molecule has 0 saturated carbocycles. The molecule has 0 saturated heterocycles. The molecular formula is C20H20Cl2N4O2S. The lowest BCUT2D eigenvalue weighted by molar-refractivity contribution is -0.118. The number of carbonyl (C=O) groups is 1. The summed E-state index contributed by atoms with van der Waals surface area (Å²) in [4.78, 5) is 12.1. The highest BCUT2D eigenvalue weighted by Crippen LogP contribution is 2.23. The summed E-state index contributed by atoms with van der Waals surface area (Å²) in [5, 5.41) is 13.2. The Hall–Kier alpha value is -2.22. The van der Waals surface area contributed by atoms with E-state index in [0.717, 1.165) is 16.9 Å². The molecule has 0 unspecified atom stereocenters. The van der Waals surface area contributed by atoms with Crippen molar-refractivity contribution < 1.29 is 9.53 Å². The zero-order valence-corrected chi connectivity index (χ0v) is 18.3. The van der Waals surface area contributed by atoms with E-state index in [4.69, 9.17) is 27.9 Å². The molecule has 1 aromatic heterocycles. The van der Waals surface area contributed by atoms with Crippen LogP contribution in [0.4, 0.5) is 0 Å². The van der Waals surface area contributed by atoms with Gasteiger partial charge in [-0.3, -0.25) is 4.79 Å². The molecule has 3 aromatic rings. The number of aromatic nitrogens is 3. The molecule has 0 spiro atoms. The molecule has 0 aliphatic heterocycles. The Morgan fingerprint density at radius 1 is 1.14 bits per heavy atom. The lowest BCUT2D eigenvalue weighted by atomic mass is 10.2. The standard InChI is InChI=1S/C20H20Cl2N4O2S/c1-13-9-16(22)7-8-17(13)28-11-18-24-25-20(26(18)2)29-12-19(27)23-10-14-3-5-15(21)6-4-14/h3-9H,10-12H2,1-2H3,(H,23,27). The van der Waals surface area contributed by atoms with E-state index in [1.165, 1.54) is 11.8 Å². The normalized spacial score (nSPS) is 10.8. The third kappa shape index (κ3) is 6.13. The van der Waals surface area contributed by atoms with Gasteiger partial charge in [0.2, 0.25) is 5.91 Å². The molecule has 152 valence electrons. The minimum Gasteiger partial charge on any atom is -0.485 e. The highest BCUT2D eigenvalue weighted by atomic mass is 35.5. The van der Waals surface area contributed by atoms with Crippen LogP contribution in [0.5, 0.6) is 5.75 Å². The van der Waals surface area contributed by atoms with Gasteiger partial charge in [0.1, 0.15) is 12.4 Å². The number of halogens is 2. The molecule has 0 aliphatic carbocycles. The second-order valence-corrected chi connectivity index (χ2v) is 8.16. The van der Waals surface area contributed by atoms with Gasteiger partial charge in [0.15, 0.2) is 11.0 Å². The SMILES string of the molecule is Cc1cc(Cl)ccc1OCc1nnc(SCC(=O)NCc2ccc(Cl)cc2)n1C. The van der Waals surface area contributed by atoms with Crippen LogP contribution < -0.4 is 10.1 Å². The Bertz CT molecular complexity index is 993. The van der Waals surface area contributed by atoms with Crippen molar-refractivity contribution in [2.24, 2.45) is 7.05 Å². The maximum Gasteiger partial charge on any atom is 0.230 e. The molecule has 1 N–H and O–H groups in total. The van der Waals surface area contributed by atoms with Gasteiger partial charge in [0, 0.05) is 23.6 Å². The van der Waals surface area contributed by atoms with Gasteiger partial charge in [-0.2, -0.15) is 0 Å². The van der Waals surface area contributed by atoms with Crippen LogP contribution in [0.15, 0.2) is 47.6 Å². The zero-order chi connectivity index (χ0) is 20.8. The number of nitrogens with one attached hydrogen (secondary N) is 1. The molecule has 0 atom stereocenters. The van der Waals surface area contributed by atoms with Crippen molar-refractivity contribution in [3.05, 3.63) is 69.5 Å². The lowest BCUT2D eigenvalue weighted by Crippen LogP contribution is -2.24. The number of thioether (sulfide) groups is 1. The smallest absolute Gasteiger partial charge is 0.230 e. The van der Waals surface area contributed by atoms with Crippen LogP contribution in [-0.4, -0.2) is 26.4 Å². The van der Waals surface area contributed by atoms with E-state index >= 15 is 0 Å². The minimum atomic E-state index is -0.0810. The van der Waals surface area contributed by atoms with Gasteiger partial charge in [-0.05, 0) is 48.4 Å². The summed E-state index contributed by atoms with van der Waals surface area (Å²) in [5.74, 6) is 1.58. The summed E-state index contributed by atoms with van der Waals surface area (Å²) in [6, 6.07) is 12.8. The van der Waals surface area contributed by atoms with Gasteiger partial charge in [-0.15, -0.1) is 10.2 Å². The van der Waals surface area contributed by atoms with E-state index in [-0.39, 0.29) is 18.3 Å². The third-order valence-electron chi connectivity index (χ3n) is 4.15. The summed E-state index contributed by atoms with van der Waals surface area (Å²) >= 11 is 13.1. The Morgan fingerprint density at radius 2 is 1.86 bits per heavy atom. The molecule has 6 nitrogen and oxygen atoms in total. The molecular weight excluding hydrogens is 431 g/mol. The van der Waals surface area contributed by atoms with Crippen LogP contribution in [0.25, 0.3) is 0 Å². The summed E-state index contributed by atoms with van der Waals surface area (Å²) in [5.41, 5.74) is 1.94. The average Bonchev–Trinajstić information content (AvgIpc) is 3.05. The molecule has 9 heteroatoms. The quantitative estimate of drug-likeness (QED) is 0.514. The molecule has 0 bridgehead atoms. The molecule has 3 rings (SSSR count). The van der Waals surface area contributed by atoms with Crippen molar-refractivity contribution in [3.63, 3.8) is 0 Å². The molecule has 1 amide bonds. The molecule has 0 fully saturated rings. The summed E-state index contributed by atoms with van der Waals surface area (Å²) in [7, 11) is 1.85. The second-order valence-electron chi connectivity index (χ2n) is 6.35. The highest BCUT2D eigenvalue weighted by molar-refractivity contribution is 7.99. The van der Waals surface area contributed by atoms with E-state index in [1.54, 1.807) is 18.2 Å². The summed E-state index contributed by atoms with van der Waals surface area (Å²) in [6.45, 7) is 2.66. The Labute approximate surface area is 183 Å². The van der Waals surface area contributed by atoms with Gasteiger partial charge in [-0.25, -0.2) is 0 Å². The Morgan fingerprint density at radius 3 is 2.59 bits per heavy atom. The first kappa shape index (κ1) is 21.5. The van der Waals surface area contributed by atoms with Crippen LogP contribution >= 0.6 is 35.0 Å². The molecule has 1 heterocycles. The fourth-order valence-corrected chi connectivity index (χ4v) is 3.61. The number of carbonyl (C=O) groups excluding carboxylic acids is 1. The number of nitrogens with zero attached hydrogens (tertiary/aromatic N) is 3. The number of hydrogen-bond donors (Lipinski definition) is 1. The zero-order valence-electron chi connectivity index (χ0n) is 16.0. The van der Waals surface area contributed by atoms with E-state index < -0.39 is 0 Å². The van der Waals surface area contributed by atoms with Crippen molar-refractivity contribution in [1.82, 2.24) is 20.1 Å². The van der Waals surface area contributed by atoms with Crippen LogP contribution in [0.3, 0.4) is 0 Å². The summed E-state index contributed by atoms with van der Waals surface area (Å²) in [6.07, 6.45) is 0. The van der Waals surface area contributed by atoms with Crippen molar-refractivity contribution >= 4 is 40.9 Å². The number of aryl methyl sites for hydroxylation is 1. The van der Waals surface area contributed by atoms with E-state index in [0.29, 0.717) is 27.6 Å². The van der Waals surface area contributed by atoms with Crippen LogP contribution in [0, 0.1) is 6.92 Å². The predicted octanol–water partition coefficient (Wildman–Crippen LogP) is 4.42. The van der Waals surface area contributed by atoms with E-state index in [9.17, 15) is 4.79 Å². The van der Waals surface area contributed by atoms with Gasteiger partial charge in [0.25, 0.3) is 0 Å². The van der Waals surface area contributed by atoms with Gasteiger partial charge in [0.05, 0.1) is 5.75 Å². The molecule has 2 aromatic carbocycles. The first-order valence-corrected chi connectivity index (χ1v) is 10.6. The van der Waals surface area contributed by atoms with Crippen LogP contribution in [0.2, 0.25) is 10.0 Å². The highest BCUT2D eigenvalue weighted by Gasteiger charge is 2.12. The number of benzene rings is 2. The Balaban J connectivity index is 1.48. The predicted molar refractivity (Wildman–Crippen MR) is 116 cm³/mol. The fraction of sp³-hybridized carbons (Fsp3) is 0.250. The largest absolute Gasteiger partial charge is 0.485 e. The fourth-order valence-electron chi connectivity index (χ4n) is 2.50. The maximum atomic E-state index is 12.1. The maximum absolute atomic E-state index is 12.1. The first-order chi connectivity index (χ1) is 13.9. The van der Waals surface area contributed by atoms with Crippen molar-refractivity contribution in [3.8, 4) is 5.75 Å². The third-order valence-corrected chi connectivity index (χ3v) is 5.66. The van der Waals surface area contributed by atoms with Crippen molar-refractivity contribution in [2.45, 2.75) is 25.2 Å². The van der Waals surface area contributed by atoms with E-state index in [1.807, 2.05) is 42.8 Å². The Kier molecular flexibility index (Phi) is 7.41. The van der Waals surface area contributed by atoms with Gasteiger partial charge < -0.3 is 14.6 Å². The molecule has 0 radical (unpaired) electrons. The van der Waals surface area contributed by atoms with E-state index in [2.05, 4.69) is 15.5 Å². The van der Waals surface area contributed by atoms with Crippen LogP contribution in [0.1, 0.15) is 17.0 Å². The average molecular weight is 451 g/mol. The number of rotatable bonds is 8. The van der Waals surface area contributed by atoms with Gasteiger partial charge >= 0.3 is 0 Å².